The van der Waals surface area contributed by atoms with Crippen LogP contribution in [0.25, 0.3) is 0 Å². The van der Waals surface area contributed by atoms with Gasteiger partial charge in [0.05, 0.1) is 12.6 Å². The number of amides is 1. The second-order valence-corrected chi connectivity index (χ2v) is 11.2. The van der Waals surface area contributed by atoms with Crippen LogP contribution in [0.5, 0.6) is 5.75 Å². The molecular formula is C30H52F2N4O2. The number of nitrogens with one attached hydrogen (secondary N) is 1. The standard InChI is InChI=1S/C28H46F2N4O2.C2H6/c1-20(2)16-31-32-17-22(5)15-28(19-33(7)18-26(29)30)10-12-34(13-11-28)27(35)24-8-9-25(23(6)14-24)36-21(3)4;1-2/h8-9,14,16,20-22,26,32H,10-13,15,17-19H2,1-7H3;1-2H3/b31-16-;. The van der Waals surface area contributed by atoms with Gasteiger partial charge in [0.25, 0.3) is 12.3 Å². The number of nitrogens with zero attached hydrogens (tertiary/aromatic N) is 3. The van der Waals surface area contributed by atoms with Gasteiger partial charge >= 0.3 is 0 Å². The van der Waals surface area contributed by atoms with E-state index < -0.39 is 6.43 Å². The molecule has 1 aromatic carbocycles. The molecule has 8 heteroatoms. The molecule has 2 rings (SSSR count). The van der Waals surface area contributed by atoms with E-state index >= 15 is 0 Å². The Morgan fingerprint density at radius 1 is 1.18 bits per heavy atom. The summed E-state index contributed by atoms with van der Waals surface area (Å²) in [4.78, 5) is 16.9. The monoisotopic (exact) mass is 538 g/mol. The van der Waals surface area contributed by atoms with E-state index in [9.17, 15) is 13.6 Å². The van der Waals surface area contributed by atoms with Crippen LogP contribution in [-0.2, 0) is 0 Å². The second kappa shape index (κ2) is 16.7. The van der Waals surface area contributed by atoms with Crippen molar-refractivity contribution in [2.75, 3.05) is 39.8 Å². The first-order valence-electron chi connectivity index (χ1n) is 14.2. The zero-order valence-corrected chi connectivity index (χ0v) is 25.2. The van der Waals surface area contributed by atoms with E-state index in [1.54, 1.807) is 11.9 Å². The minimum absolute atomic E-state index is 0.0152. The van der Waals surface area contributed by atoms with E-state index in [1.807, 2.05) is 63.9 Å². The van der Waals surface area contributed by atoms with Gasteiger partial charge in [0.15, 0.2) is 0 Å². The largest absolute Gasteiger partial charge is 0.491 e. The summed E-state index contributed by atoms with van der Waals surface area (Å²) in [5.41, 5.74) is 4.62. The van der Waals surface area contributed by atoms with Crippen molar-refractivity contribution in [2.24, 2.45) is 22.4 Å². The molecule has 1 fully saturated rings. The Balaban J connectivity index is 0.00000352. The normalized spacial score (nSPS) is 16.2. The SMILES string of the molecule is CC.Cc1cc(C(=O)N2CCC(CC(C)CN/N=C\C(C)C)(CN(C)CC(F)F)CC2)ccc1OC(C)C. The van der Waals surface area contributed by atoms with Crippen molar-refractivity contribution in [3.63, 3.8) is 0 Å². The number of halogens is 2. The molecule has 1 aliphatic rings. The van der Waals surface area contributed by atoms with Crippen molar-refractivity contribution >= 4 is 12.1 Å². The summed E-state index contributed by atoms with van der Waals surface area (Å²) in [6.07, 6.45) is 2.07. The minimum Gasteiger partial charge on any atom is -0.491 e. The number of carbonyl (C=O) groups is 1. The van der Waals surface area contributed by atoms with Gasteiger partial charge < -0.3 is 20.0 Å². The third-order valence-corrected chi connectivity index (χ3v) is 6.64. The van der Waals surface area contributed by atoms with Crippen molar-refractivity contribution in [3.8, 4) is 5.75 Å². The number of piperidine rings is 1. The average Bonchev–Trinajstić information content (AvgIpc) is 2.83. The number of benzene rings is 1. The number of rotatable bonds is 13. The molecule has 0 saturated carbocycles. The number of alkyl halides is 2. The van der Waals surface area contributed by atoms with E-state index in [4.69, 9.17) is 4.74 Å². The Kier molecular flexibility index (Phi) is 14.8. The van der Waals surface area contributed by atoms with Crippen LogP contribution < -0.4 is 10.2 Å². The van der Waals surface area contributed by atoms with Crippen LogP contribution in [0.2, 0.25) is 0 Å². The fraction of sp³-hybridized carbons (Fsp3) is 0.733. The quantitative estimate of drug-likeness (QED) is 0.231. The van der Waals surface area contributed by atoms with Crippen molar-refractivity contribution in [3.05, 3.63) is 29.3 Å². The molecule has 218 valence electrons. The maximum Gasteiger partial charge on any atom is 0.253 e. The van der Waals surface area contributed by atoms with Gasteiger partial charge in [-0.15, -0.1) is 0 Å². The summed E-state index contributed by atoms with van der Waals surface area (Å²) in [7, 11) is 1.77. The molecule has 1 heterocycles. The van der Waals surface area contributed by atoms with Crippen LogP contribution in [0.15, 0.2) is 23.3 Å². The van der Waals surface area contributed by atoms with Crippen LogP contribution in [0, 0.1) is 24.2 Å². The molecule has 1 aliphatic heterocycles. The molecule has 0 radical (unpaired) electrons. The van der Waals surface area contributed by atoms with Gasteiger partial charge in [-0.3, -0.25) is 4.79 Å². The summed E-state index contributed by atoms with van der Waals surface area (Å²) in [6, 6.07) is 5.59. The zero-order valence-electron chi connectivity index (χ0n) is 25.2. The molecule has 6 nitrogen and oxygen atoms in total. The van der Waals surface area contributed by atoms with E-state index in [0.29, 0.717) is 37.0 Å². The summed E-state index contributed by atoms with van der Waals surface area (Å²) in [5.74, 6) is 1.52. The lowest BCUT2D eigenvalue weighted by Crippen LogP contribution is -2.49. The molecule has 0 aliphatic carbocycles. The van der Waals surface area contributed by atoms with Crippen LogP contribution in [0.4, 0.5) is 8.78 Å². The minimum atomic E-state index is -2.36. The Morgan fingerprint density at radius 3 is 2.34 bits per heavy atom. The Morgan fingerprint density at radius 2 is 1.82 bits per heavy atom. The number of hydrazone groups is 1. The molecule has 1 N–H and O–H groups in total. The third kappa shape index (κ3) is 11.7. The highest BCUT2D eigenvalue weighted by atomic mass is 19.3. The van der Waals surface area contributed by atoms with Gasteiger partial charge in [0.1, 0.15) is 5.75 Å². The third-order valence-electron chi connectivity index (χ3n) is 6.64. The number of aryl methyl sites for hydroxylation is 1. The van der Waals surface area contributed by atoms with Crippen LogP contribution in [0.1, 0.15) is 83.7 Å². The molecule has 0 spiro atoms. The highest BCUT2D eigenvalue weighted by Crippen LogP contribution is 2.39. The average molecular weight is 539 g/mol. The van der Waals surface area contributed by atoms with E-state index in [1.165, 1.54) is 0 Å². The van der Waals surface area contributed by atoms with Gasteiger partial charge in [-0.1, -0.05) is 34.6 Å². The van der Waals surface area contributed by atoms with E-state index in [-0.39, 0.29) is 24.0 Å². The van der Waals surface area contributed by atoms with Gasteiger partial charge in [-0.05, 0) is 88.1 Å². The molecule has 1 saturated heterocycles. The first-order chi connectivity index (χ1) is 17.9. The van der Waals surface area contributed by atoms with E-state index in [2.05, 4.69) is 31.3 Å². The van der Waals surface area contributed by atoms with Crippen LogP contribution in [0.3, 0.4) is 0 Å². The lowest BCUT2D eigenvalue weighted by molar-refractivity contribution is 0.0256. The first-order valence-corrected chi connectivity index (χ1v) is 14.2. The van der Waals surface area contributed by atoms with Crippen molar-refractivity contribution in [1.29, 1.82) is 0 Å². The number of hydrogen-bond donors (Lipinski definition) is 1. The van der Waals surface area contributed by atoms with Crippen molar-refractivity contribution < 1.29 is 18.3 Å². The van der Waals surface area contributed by atoms with Crippen LogP contribution in [-0.4, -0.2) is 74.2 Å². The summed E-state index contributed by atoms with van der Waals surface area (Å²) in [6.45, 7) is 18.6. The van der Waals surface area contributed by atoms with Gasteiger partial charge in [0.2, 0.25) is 0 Å². The number of hydrogen-bond acceptors (Lipinski definition) is 5. The predicted octanol–water partition coefficient (Wildman–Crippen LogP) is 6.49. The Bertz CT molecular complexity index is 853. The van der Waals surface area contributed by atoms with Crippen LogP contribution >= 0.6 is 0 Å². The first kappa shape index (κ1) is 33.8. The smallest absolute Gasteiger partial charge is 0.253 e. The zero-order chi connectivity index (χ0) is 28.9. The molecule has 1 atom stereocenters. The predicted molar refractivity (Wildman–Crippen MR) is 154 cm³/mol. The van der Waals surface area contributed by atoms with Crippen molar-refractivity contribution in [2.45, 2.75) is 87.2 Å². The summed E-state index contributed by atoms with van der Waals surface area (Å²) < 4.78 is 31.9. The highest BCUT2D eigenvalue weighted by molar-refractivity contribution is 5.94. The Labute approximate surface area is 230 Å². The fourth-order valence-corrected chi connectivity index (χ4v) is 5.06. The highest BCUT2D eigenvalue weighted by Gasteiger charge is 2.38. The lowest BCUT2D eigenvalue weighted by Gasteiger charge is -2.45. The van der Waals surface area contributed by atoms with E-state index in [0.717, 1.165) is 37.1 Å². The second-order valence-electron chi connectivity index (χ2n) is 11.2. The van der Waals surface area contributed by atoms with Gasteiger partial charge in [-0.25, -0.2) is 8.78 Å². The number of likely N-dealkylation sites (tertiary alicyclic amines) is 1. The summed E-state index contributed by atoms with van der Waals surface area (Å²) in [5, 5.41) is 4.28. The fourth-order valence-electron chi connectivity index (χ4n) is 5.06. The maximum absolute atomic E-state index is 13.3. The van der Waals surface area contributed by atoms with Gasteiger partial charge in [0, 0.05) is 38.0 Å². The number of carbonyl (C=O) groups excluding carboxylic acids is 1. The molecule has 0 aromatic heterocycles. The molecule has 1 amide bonds. The molecule has 0 bridgehead atoms. The maximum atomic E-state index is 13.3. The van der Waals surface area contributed by atoms with Gasteiger partial charge in [-0.2, -0.15) is 5.10 Å². The van der Waals surface area contributed by atoms with Crippen molar-refractivity contribution in [1.82, 2.24) is 15.2 Å². The molecule has 1 unspecified atom stereocenters. The lowest BCUT2D eigenvalue weighted by atomic mass is 9.72. The Hall–Kier alpha value is -2.22. The molecule has 1 aromatic rings. The number of ether oxygens (including phenoxy) is 1. The summed E-state index contributed by atoms with van der Waals surface area (Å²) >= 11 is 0. The molecule has 38 heavy (non-hydrogen) atoms. The molecular weight excluding hydrogens is 486 g/mol. The topological polar surface area (TPSA) is 57.2 Å².